The van der Waals surface area contributed by atoms with E-state index >= 15 is 0 Å². The van der Waals surface area contributed by atoms with E-state index in [9.17, 15) is 4.79 Å². The average molecular weight is 598 g/mol. The van der Waals surface area contributed by atoms with Gasteiger partial charge >= 0.3 is 5.97 Å². The molecule has 4 rings (SSSR count). The number of carbonyl (C=O) groups is 1. The molecule has 0 spiro atoms. The Morgan fingerprint density at radius 3 is 2.17 bits per heavy atom. The maximum Gasteiger partial charge on any atom is 0.366 e. The molecule has 4 aromatic rings. The lowest BCUT2D eigenvalue weighted by atomic mass is 10.0. The zero-order valence-electron chi connectivity index (χ0n) is 20.1. The molecular formula is C27H23IN2O6. The van der Waals surface area contributed by atoms with Crippen LogP contribution in [0.25, 0.3) is 10.8 Å². The van der Waals surface area contributed by atoms with Crippen molar-refractivity contribution in [1.82, 2.24) is 4.98 Å². The van der Waals surface area contributed by atoms with Crippen LogP contribution in [0.5, 0.6) is 23.0 Å². The highest BCUT2D eigenvalue weighted by Crippen LogP contribution is 2.35. The van der Waals surface area contributed by atoms with Crippen molar-refractivity contribution >= 4 is 45.0 Å². The molecule has 0 saturated heterocycles. The van der Waals surface area contributed by atoms with Gasteiger partial charge in [-0.25, -0.2) is 4.79 Å². The first-order chi connectivity index (χ1) is 17.5. The summed E-state index contributed by atoms with van der Waals surface area (Å²) in [6, 6.07) is 17.9. The van der Waals surface area contributed by atoms with Gasteiger partial charge in [0.15, 0.2) is 23.0 Å². The standard InChI is InChI=1S/C27H23IN2O6/c1-32-21-10-9-17(14-22(21)33-2)25(30-36-27(31)18-7-5-6-8-20(18)28)26-19-15-24(35-4)23(34-3)13-16(19)11-12-29-26/h5-15H,1-4H3. The van der Waals surface area contributed by atoms with Gasteiger partial charge in [0.05, 0.1) is 34.0 Å². The van der Waals surface area contributed by atoms with Gasteiger partial charge in [-0.1, -0.05) is 17.3 Å². The number of carbonyl (C=O) groups excluding carboxylic acids is 1. The maximum atomic E-state index is 12.9. The summed E-state index contributed by atoms with van der Waals surface area (Å²) in [4.78, 5) is 22.9. The van der Waals surface area contributed by atoms with Crippen molar-refractivity contribution in [3.63, 3.8) is 0 Å². The summed E-state index contributed by atoms with van der Waals surface area (Å²) in [7, 11) is 6.24. The molecule has 0 fully saturated rings. The fraction of sp³-hybridized carbons (Fsp3) is 0.148. The van der Waals surface area contributed by atoms with Crippen LogP contribution in [-0.2, 0) is 4.84 Å². The minimum Gasteiger partial charge on any atom is -0.493 e. The van der Waals surface area contributed by atoms with E-state index in [0.717, 1.165) is 14.3 Å². The van der Waals surface area contributed by atoms with Crippen LogP contribution in [0.15, 0.2) is 72.0 Å². The molecule has 1 heterocycles. The lowest BCUT2D eigenvalue weighted by molar-refractivity contribution is 0.0515. The fourth-order valence-corrected chi connectivity index (χ4v) is 4.27. The number of fused-ring (bicyclic) bond motifs is 1. The molecule has 0 unspecified atom stereocenters. The van der Waals surface area contributed by atoms with Crippen molar-refractivity contribution in [3.8, 4) is 23.0 Å². The SMILES string of the molecule is COc1ccc(C(=NOC(=O)c2ccccc2I)c2nccc3cc(OC)c(OC)cc23)cc1OC. The molecule has 3 aromatic carbocycles. The van der Waals surface area contributed by atoms with Gasteiger partial charge in [-0.15, -0.1) is 0 Å². The van der Waals surface area contributed by atoms with Gasteiger partial charge in [0.2, 0.25) is 0 Å². The number of pyridine rings is 1. The van der Waals surface area contributed by atoms with Gasteiger partial charge in [0.1, 0.15) is 11.4 Å². The predicted molar refractivity (Wildman–Crippen MR) is 145 cm³/mol. The number of nitrogens with zero attached hydrogens (tertiary/aromatic N) is 2. The largest absolute Gasteiger partial charge is 0.493 e. The van der Waals surface area contributed by atoms with E-state index in [1.54, 1.807) is 65.0 Å². The van der Waals surface area contributed by atoms with Crippen LogP contribution in [0.2, 0.25) is 0 Å². The third kappa shape index (κ3) is 5.06. The Morgan fingerprint density at radius 2 is 1.47 bits per heavy atom. The van der Waals surface area contributed by atoms with Crippen LogP contribution in [-0.4, -0.2) is 45.1 Å². The Bertz CT molecular complexity index is 1450. The van der Waals surface area contributed by atoms with Crippen LogP contribution in [0, 0.1) is 3.57 Å². The number of oxime groups is 1. The van der Waals surface area contributed by atoms with E-state index < -0.39 is 5.97 Å². The molecule has 0 N–H and O–H groups in total. The Hall–Kier alpha value is -3.86. The lowest BCUT2D eigenvalue weighted by Crippen LogP contribution is -2.11. The minimum atomic E-state index is -0.586. The topological polar surface area (TPSA) is 88.5 Å². The van der Waals surface area contributed by atoms with E-state index in [1.807, 2.05) is 30.3 Å². The van der Waals surface area contributed by atoms with Crippen molar-refractivity contribution in [2.45, 2.75) is 0 Å². The Morgan fingerprint density at radius 1 is 0.806 bits per heavy atom. The first-order valence-corrected chi connectivity index (χ1v) is 11.9. The van der Waals surface area contributed by atoms with Crippen LogP contribution in [0.4, 0.5) is 0 Å². The lowest BCUT2D eigenvalue weighted by Gasteiger charge is -2.14. The summed E-state index contributed by atoms with van der Waals surface area (Å²) in [6.45, 7) is 0. The van der Waals surface area contributed by atoms with E-state index in [4.69, 9.17) is 23.8 Å². The van der Waals surface area contributed by atoms with Gasteiger partial charge < -0.3 is 23.8 Å². The zero-order valence-corrected chi connectivity index (χ0v) is 22.2. The molecule has 0 radical (unpaired) electrons. The van der Waals surface area contributed by atoms with Crippen molar-refractivity contribution in [2.75, 3.05) is 28.4 Å². The van der Waals surface area contributed by atoms with Crippen LogP contribution in [0.3, 0.4) is 0 Å². The zero-order chi connectivity index (χ0) is 25.7. The molecule has 0 saturated carbocycles. The van der Waals surface area contributed by atoms with Crippen molar-refractivity contribution < 1.29 is 28.6 Å². The van der Waals surface area contributed by atoms with Crippen molar-refractivity contribution in [3.05, 3.63) is 87.3 Å². The molecule has 0 aliphatic rings. The van der Waals surface area contributed by atoms with Crippen LogP contribution < -0.4 is 18.9 Å². The first-order valence-electron chi connectivity index (χ1n) is 10.8. The predicted octanol–water partition coefficient (Wildman–Crippen LogP) is 5.48. The summed E-state index contributed by atoms with van der Waals surface area (Å²) < 4.78 is 22.6. The number of methoxy groups -OCH3 is 4. The summed E-state index contributed by atoms with van der Waals surface area (Å²) >= 11 is 2.08. The highest BCUT2D eigenvalue weighted by molar-refractivity contribution is 14.1. The number of hydrogen-bond acceptors (Lipinski definition) is 8. The second-order valence-corrected chi connectivity index (χ2v) is 8.62. The van der Waals surface area contributed by atoms with Gasteiger partial charge in [-0.3, -0.25) is 4.98 Å². The number of benzene rings is 3. The van der Waals surface area contributed by atoms with Gasteiger partial charge in [-0.05, 0) is 76.5 Å². The summed E-state index contributed by atoms with van der Waals surface area (Å²) in [5.41, 5.74) is 1.83. The monoisotopic (exact) mass is 598 g/mol. The number of halogens is 1. The summed E-state index contributed by atoms with van der Waals surface area (Å²) in [5, 5.41) is 5.87. The molecule has 1 aromatic heterocycles. The van der Waals surface area contributed by atoms with E-state index in [1.165, 1.54) is 0 Å². The molecule has 9 heteroatoms. The molecule has 36 heavy (non-hydrogen) atoms. The number of ether oxygens (including phenoxy) is 4. The molecular weight excluding hydrogens is 575 g/mol. The van der Waals surface area contributed by atoms with Crippen LogP contribution >= 0.6 is 22.6 Å². The summed E-state index contributed by atoms with van der Waals surface area (Å²) in [5.74, 6) is 1.57. The van der Waals surface area contributed by atoms with E-state index in [2.05, 4.69) is 32.7 Å². The second kappa shape index (κ2) is 11.3. The van der Waals surface area contributed by atoms with Crippen molar-refractivity contribution in [2.24, 2.45) is 5.16 Å². The van der Waals surface area contributed by atoms with Crippen LogP contribution in [0.1, 0.15) is 21.6 Å². The molecule has 8 nitrogen and oxygen atoms in total. The molecule has 0 aliphatic carbocycles. The first kappa shape index (κ1) is 25.2. The molecule has 0 atom stereocenters. The summed E-state index contributed by atoms with van der Waals surface area (Å²) in [6.07, 6.45) is 1.65. The van der Waals surface area contributed by atoms with Crippen molar-refractivity contribution in [1.29, 1.82) is 0 Å². The van der Waals surface area contributed by atoms with E-state index in [0.29, 0.717) is 45.5 Å². The fourth-order valence-electron chi connectivity index (χ4n) is 3.67. The quantitative estimate of drug-likeness (QED) is 0.115. The number of hydrogen-bond donors (Lipinski definition) is 0. The maximum absolute atomic E-state index is 12.9. The van der Waals surface area contributed by atoms with Gasteiger partial charge in [0, 0.05) is 20.7 Å². The van der Waals surface area contributed by atoms with Gasteiger partial charge in [0.25, 0.3) is 0 Å². The Labute approximate surface area is 221 Å². The molecule has 0 amide bonds. The van der Waals surface area contributed by atoms with E-state index in [-0.39, 0.29) is 0 Å². The third-order valence-electron chi connectivity index (χ3n) is 5.46. The normalized spacial score (nSPS) is 11.2. The second-order valence-electron chi connectivity index (χ2n) is 7.46. The number of rotatable bonds is 8. The van der Waals surface area contributed by atoms with Gasteiger partial charge in [-0.2, -0.15) is 0 Å². The highest BCUT2D eigenvalue weighted by atomic mass is 127. The average Bonchev–Trinajstić information content (AvgIpc) is 2.92. The Kier molecular flexibility index (Phi) is 7.89. The number of aromatic nitrogens is 1. The third-order valence-corrected chi connectivity index (χ3v) is 6.40. The Balaban J connectivity index is 1.90. The smallest absolute Gasteiger partial charge is 0.366 e. The molecule has 0 aliphatic heterocycles. The molecule has 0 bridgehead atoms. The highest BCUT2D eigenvalue weighted by Gasteiger charge is 2.20. The molecule has 184 valence electrons. The minimum absolute atomic E-state index is 0.327.